The van der Waals surface area contributed by atoms with Gasteiger partial charge in [-0.25, -0.2) is 0 Å². The number of nitrogens with two attached hydrogens (primary N) is 1. The summed E-state index contributed by atoms with van der Waals surface area (Å²) in [7, 11) is 1.74. The quantitative estimate of drug-likeness (QED) is 0.850. The Bertz CT molecular complexity index is 446. The number of likely N-dealkylation sites (tertiary alicyclic amines) is 1. The Kier molecular flexibility index (Phi) is 7.54. The third kappa shape index (κ3) is 5.21. The number of hydrogen-bond acceptors (Lipinski definition) is 3. The maximum absolute atomic E-state index is 12.2. The van der Waals surface area contributed by atoms with Crippen LogP contribution in [0.1, 0.15) is 24.8 Å². The van der Waals surface area contributed by atoms with Gasteiger partial charge in [-0.15, -0.1) is 12.4 Å². The fourth-order valence-electron chi connectivity index (χ4n) is 2.75. The highest BCUT2D eigenvalue weighted by molar-refractivity contribution is 5.85. The van der Waals surface area contributed by atoms with E-state index in [0.29, 0.717) is 12.3 Å². The first-order valence-electron chi connectivity index (χ1n) is 7.30. The Labute approximate surface area is 133 Å². The van der Waals surface area contributed by atoms with Crippen LogP contribution in [0.3, 0.4) is 0 Å². The van der Waals surface area contributed by atoms with E-state index < -0.39 is 0 Å². The Balaban J connectivity index is 0.00000220. The van der Waals surface area contributed by atoms with Crippen molar-refractivity contribution in [3.63, 3.8) is 0 Å². The molecule has 0 saturated carbocycles. The van der Waals surface area contributed by atoms with Gasteiger partial charge < -0.3 is 15.4 Å². The molecule has 5 heteroatoms. The molecule has 1 saturated heterocycles. The summed E-state index contributed by atoms with van der Waals surface area (Å²) in [6.45, 7) is 2.52. The third-order valence-corrected chi connectivity index (χ3v) is 4.03. The highest BCUT2D eigenvalue weighted by Gasteiger charge is 2.22. The van der Waals surface area contributed by atoms with Crippen molar-refractivity contribution in [1.29, 1.82) is 0 Å². The first kappa shape index (κ1) is 17.8. The number of amides is 1. The smallest absolute Gasteiger partial charge is 0.222 e. The molecule has 118 valence electrons. The number of para-hydroxylation sites is 1. The second-order valence-corrected chi connectivity index (χ2v) is 5.48. The van der Waals surface area contributed by atoms with Crippen molar-refractivity contribution in [1.82, 2.24) is 4.90 Å². The molecule has 0 bridgehead atoms. The number of piperidine rings is 1. The molecule has 2 N–H and O–H groups in total. The minimum absolute atomic E-state index is 0. The highest BCUT2D eigenvalue weighted by Crippen LogP contribution is 2.19. The first-order valence-corrected chi connectivity index (χ1v) is 7.30. The van der Waals surface area contributed by atoms with E-state index in [1.54, 1.807) is 7.11 Å². The maximum atomic E-state index is 12.2. The Morgan fingerprint density at radius 1 is 1.33 bits per heavy atom. The van der Waals surface area contributed by atoms with Crippen LogP contribution in [-0.4, -0.2) is 37.6 Å². The van der Waals surface area contributed by atoms with Crippen molar-refractivity contribution in [2.45, 2.75) is 25.7 Å². The SMILES string of the molecule is COCC1CCN(C(=O)CCc2ccccc2N)CC1.Cl. The van der Waals surface area contributed by atoms with E-state index in [4.69, 9.17) is 10.5 Å². The monoisotopic (exact) mass is 312 g/mol. The van der Waals surface area contributed by atoms with Crippen LogP contribution in [0.5, 0.6) is 0 Å². The molecule has 1 heterocycles. The molecule has 4 nitrogen and oxygen atoms in total. The maximum Gasteiger partial charge on any atom is 0.222 e. The number of hydrogen-bond donors (Lipinski definition) is 1. The van der Waals surface area contributed by atoms with E-state index in [1.165, 1.54) is 0 Å². The molecule has 1 aliphatic rings. The van der Waals surface area contributed by atoms with Gasteiger partial charge >= 0.3 is 0 Å². The van der Waals surface area contributed by atoms with Crippen molar-refractivity contribution < 1.29 is 9.53 Å². The van der Waals surface area contributed by atoms with Crippen LogP contribution in [0.4, 0.5) is 5.69 Å². The van der Waals surface area contributed by atoms with Crippen LogP contribution < -0.4 is 5.73 Å². The van der Waals surface area contributed by atoms with E-state index in [0.717, 1.165) is 50.2 Å². The zero-order valence-corrected chi connectivity index (χ0v) is 13.4. The third-order valence-electron chi connectivity index (χ3n) is 4.03. The van der Waals surface area contributed by atoms with Crippen molar-refractivity contribution in [3.8, 4) is 0 Å². The van der Waals surface area contributed by atoms with Crippen LogP contribution in [0.2, 0.25) is 0 Å². The van der Waals surface area contributed by atoms with Crippen molar-refractivity contribution >= 4 is 24.0 Å². The standard InChI is InChI=1S/C16H24N2O2.ClH/c1-20-12-13-8-10-18(11-9-13)16(19)7-6-14-4-2-3-5-15(14)17;/h2-5,13H,6-12,17H2,1H3;1H. The number of carbonyl (C=O) groups excluding carboxylic acids is 1. The summed E-state index contributed by atoms with van der Waals surface area (Å²) in [5.41, 5.74) is 7.74. The van der Waals surface area contributed by atoms with Crippen LogP contribution in [0.25, 0.3) is 0 Å². The van der Waals surface area contributed by atoms with Gasteiger partial charge in [0, 0.05) is 38.9 Å². The van der Waals surface area contributed by atoms with Gasteiger partial charge in [-0.2, -0.15) is 0 Å². The van der Waals surface area contributed by atoms with Gasteiger partial charge in [0.2, 0.25) is 5.91 Å². The molecule has 1 aliphatic heterocycles. The average Bonchev–Trinajstić information content (AvgIpc) is 2.47. The summed E-state index contributed by atoms with van der Waals surface area (Å²) >= 11 is 0. The second kappa shape index (κ2) is 8.90. The normalized spacial score (nSPS) is 15.6. The number of methoxy groups -OCH3 is 1. The van der Waals surface area contributed by atoms with Crippen molar-refractivity contribution in [2.24, 2.45) is 5.92 Å². The number of benzene rings is 1. The summed E-state index contributed by atoms with van der Waals surface area (Å²) in [5.74, 6) is 0.845. The lowest BCUT2D eigenvalue weighted by Gasteiger charge is -2.31. The van der Waals surface area contributed by atoms with Crippen molar-refractivity contribution in [2.75, 3.05) is 32.5 Å². The number of rotatable bonds is 5. The summed E-state index contributed by atoms with van der Waals surface area (Å²) < 4.78 is 5.18. The number of halogens is 1. The predicted molar refractivity (Wildman–Crippen MR) is 87.6 cm³/mol. The zero-order valence-electron chi connectivity index (χ0n) is 12.6. The van der Waals surface area contributed by atoms with E-state index in [-0.39, 0.29) is 18.3 Å². The largest absolute Gasteiger partial charge is 0.399 e. The minimum Gasteiger partial charge on any atom is -0.399 e. The molecule has 0 aliphatic carbocycles. The average molecular weight is 313 g/mol. The van der Waals surface area contributed by atoms with Gasteiger partial charge in [-0.05, 0) is 36.8 Å². The molecular formula is C16H25ClN2O2. The topological polar surface area (TPSA) is 55.6 Å². The molecule has 2 rings (SSSR count). The fourth-order valence-corrected chi connectivity index (χ4v) is 2.75. The summed E-state index contributed by atoms with van der Waals surface area (Å²) in [6, 6.07) is 7.76. The number of ether oxygens (including phenoxy) is 1. The molecule has 0 unspecified atom stereocenters. The second-order valence-electron chi connectivity index (χ2n) is 5.48. The highest BCUT2D eigenvalue weighted by atomic mass is 35.5. The number of nitrogen functional groups attached to an aromatic ring is 1. The molecule has 1 amide bonds. The van der Waals surface area contributed by atoms with Crippen LogP contribution >= 0.6 is 12.4 Å². The van der Waals surface area contributed by atoms with Gasteiger partial charge in [0.15, 0.2) is 0 Å². The van der Waals surface area contributed by atoms with Gasteiger partial charge in [-0.1, -0.05) is 18.2 Å². The Hall–Kier alpha value is -1.26. The van der Waals surface area contributed by atoms with Crippen LogP contribution in [0.15, 0.2) is 24.3 Å². The van der Waals surface area contributed by atoms with E-state index >= 15 is 0 Å². The van der Waals surface area contributed by atoms with E-state index in [1.807, 2.05) is 29.2 Å². The van der Waals surface area contributed by atoms with Crippen LogP contribution in [-0.2, 0) is 16.0 Å². The zero-order chi connectivity index (χ0) is 14.4. The molecule has 0 atom stereocenters. The molecule has 0 aromatic heterocycles. The molecule has 1 aromatic carbocycles. The lowest BCUT2D eigenvalue weighted by Crippen LogP contribution is -2.39. The number of aryl methyl sites for hydroxylation is 1. The molecular weight excluding hydrogens is 288 g/mol. The van der Waals surface area contributed by atoms with Crippen LogP contribution in [0, 0.1) is 5.92 Å². The fraction of sp³-hybridized carbons (Fsp3) is 0.562. The molecule has 0 radical (unpaired) electrons. The number of nitrogens with zero attached hydrogens (tertiary/aromatic N) is 1. The summed E-state index contributed by atoms with van der Waals surface area (Å²) in [5, 5.41) is 0. The Morgan fingerprint density at radius 3 is 2.62 bits per heavy atom. The molecule has 1 aromatic rings. The predicted octanol–water partition coefficient (Wildman–Crippen LogP) is 2.51. The summed E-state index contributed by atoms with van der Waals surface area (Å²) in [4.78, 5) is 14.2. The lowest BCUT2D eigenvalue weighted by atomic mass is 9.97. The van der Waals surface area contributed by atoms with Gasteiger partial charge in [0.25, 0.3) is 0 Å². The number of carbonyl (C=O) groups is 1. The van der Waals surface area contributed by atoms with Gasteiger partial charge in [0.05, 0.1) is 0 Å². The summed E-state index contributed by atoms with van der Waals surface area (Å²) in [6.07, 6.45) is 3.37. The lowest BCUT2D eigenvalue weighted by molar-refractivity contribution is -0.132. The van der Waals surface area contributed by atoms with Gasteiger partial charge in [0.1, 0.15) is 0 Å². The Morgan fingerprint density at radius 2 is 2.00 bits per heavy atom. The minimum atomic E-state index is 0. The first-order chi connectivity index (χ1) is 9.70. The molecule has 0 spiro atoms. The number of anilines is 1. The van der Waals surface area contributed by atoms with E-state index in [9.17, 15) is 4.79 Å². The molecule has 21 heavy (non-hydrogen) atoms. The van der Waals surface area contributed by atoms with E-state index in [2.05, 4.69) is 0 Å². The molecule has 1 fully saturated rings. The van der Waals surface area contributed by atoms with Gasteiger partial charge in [-0.3, -0.25) is 4.79 Å². The van der Waals surface area contributed by atoms with Crippen molar-refractivity contribution in [3.05, 3.63) is 29.8 Å².